The summed E-state index contributed by atoms with van der Waals surface area (Å²) in [5, 5.41) is 5.01. The fourth-order valence-corrected chi connectivity index (χ4v) is 1.82. The molecule has 0 spiro atoms. The van der Waals surface area contributed by atoms with E-state index in [9.17, 15) is 18.0 Å². The topological polar surface area (TPSA) is 41.1 Å². The first kappa shape index (κ1) is 12.3. The van der Waals surface area contributed by atoms with Gasteiger partial charge in [-0.2, -0.15) is 13.2 Å². The molecule has 1 amide bonds. The number of hydrogen-bond acceptors (Lipinski definition) is 2. The summed E-state index contributed by atoms with van der Waals surface area (Å²) in [6.07, 6.45) is -3.19. The van der Waals surface area contributed by atoms with Gasteiger partial charge in [-0.3, -0.25) is 4.79 Å². The monoisotopic (exact) mass is 224 g/mol. The summed E-state index contributed by atoms with van der Waals surface area (Å²) in [7, 11) is 0. The number of carbonyl (C=O) groups excluding carboxylic acids is 1. The van der Waals surface area contributed by atoms with Gasteiger partial charge in [0.05, 0.1) is 0 Å². The summed E-state index contributed by atoms with van der Waals surface area (Å²) >= 11 is 0. The lowest BCUT2D eigenvalue weighted by Gasteiger charge is -2.32. The summed E-state index contributed by atoms with van der Waals surface area (Å²) in [6.45, 7) is 3.14. The zero-order chi connectivity index (χ0) is 11.5. The maximum atomic E-state index is 12.0. The third kappa shape index (κ3) is 3.37. The van der Waals surface area contributed by atoms with Crippen molar-refractivity contribution in [3.05, 3.63) is 0 Å². The van der Waals surface area contributed by atoms with E-state index in [1.165, 1.54) is 0 Å². The van der Waals surface area contributed by atoms with Crippen LogP contribution in [0.2, 0.25) is 0 Å². The van der Waals surface area contributed by atoms with E-state index in [0.717, 1.165) is 19.4 Å². The van der Waals surface area contributed by atoms with E-state index in [1.54, 1.807) is 0 Å². The Bertz CT molecular complexity index is 230. The average Bonchev–Trinajstić information content (AvgIpc) is 2.17. The number of piperidine rings is 1. The van der Waals surface area contributed by atoms with Gasteiger partial charge in [0.2, 0.25) is 0 Å². The van der Waals surface area contributed by atoms with E-state index in [-0.39, 0.29) is 5.92 Å². The molecular formula is C9H15F3N2O. The minimum absolute atomic E-state index is 0.137. The van der Waals surface area contributed by atoms with Gasteiger partial charge in [0, 0.05) is 12.6 Å². The molecule has 0 aromatic heterocycles. The zero-order valence-corrected chi connectivity index (χ0v) is 8.53. The number of rotatable bonds is 2. The highest BCUT2D eigenvalue weighted by Gasteiger charge is 2.40. The largest absolute Gasteiger partial charge is 0.471 e. The molecule has 1 heterocycles. The van der Waals surface area contributed by atoms with Crippen molar-refractivity contribution >= 4 is 5.91 Å². The second-order valence-corrected chi connectivity index (χ2v) is 3.74. The molecule has 1 rings (SSSR count). The van der Waals surface area contributed by atoms with Crippen molar-refractivity contribution < 1.29 is 18.0 Å². The van der Waals surface area contributed by atoms with Gasteiger partial charge in [0.15, 0.2) is 0 Å². The summed E-state index contributed by atoms with van der Waals surface area (Å²) < 4.78 is 36.0. The first-order chi connectivity index (χ1) is 6.95. The molecule has 1 saturated heterocycles. The molecule has 0 radical (unpaired) electrons. The van der Waals surface area contributed by atoms with Gasteiger partial charge in [-0.05, 0) is 18.9 Å². The molecule has 1 fully saturated rings. The molecule has 15 heavy (non-hydrogen) atoms. The number of hydrogen-bond donors (Lipinski definition) is 2. The first-order valence-corrected chi connectivity index (χ1v) is 5.03. The Morgan fingerprint density at radius 3 is 2.73 bits per heavy atom. The molecule has 2 N–H and O–H groups in total. The van der Waals surface area contributed by atoms with Crippen molar-refractivity contribution in [2.24, 2.45) is 5.92 Å². The molecule has 2 unspecified atom stereocenters. The predicted octanol–water partition coefficient (Wildman–Crippen LogP) is 1.05. The average molecular weight is 224 g/mol. The van der Waals surface area contributed by atoms with Crippen molar-refractivity contribution in [2.75, 3.05) is 13.1 Å². The molecule has 0 aromatic carbocycles. The fraction of sp³-hybridized carbons (Fsp3) is 0.889. The van der Waals surface area contributed by atoms with E-state index in [1.807, 2.05) is 12.2 Å². The highest BCUT2D eigenvalue weighted by atomic mass is 19.4. The third-order valence-corrected chi connectivity index (χ3v) is 2.72. The SMILES string of the molecule is CCC1CCNCC1NC(=O)C(F)(F)F. The van der Waals surface area contributed by atoms with Crippen molar-refractivity contribution in [1.29, 1.82) is 0 Å². The molecule has 88 valence electrons. The van der Waals surface area contributed by atoms with Crippen molar-refractivity contribution in [3.63, 3.8) is 0 Å². The number of carbonyl (C=O) groups is 1. The predicted molar refractivity (Wildman–Crippen MR) is 49.3 cm³/mol. The van der Waals surface area contributed by atoms with Crippen LogP contribution >= 0.6 is 0 Å². The van der Waals surface area contributed by atoms with Gasteiger partial charge in [-0.1, -0.05) is 13.3 Å². The van der Waals surface area contributed by atoms with Crippen molar-refractivity contribution in [2.45, 2.75) is 32.0 Å². The van der Waals surface area contributed by atoms with E-state index in [0.29, 0.717) is 6.54 Å². The van der Waals surface area contributed by atoms with Gasteiger partial charge in [-0.25, -0.2) is 0 Å². The van der Waals surface area contributed by atoms with E-state index in [4.69, 9.17) is 0 Å². The first-order valence-electron chi connectivity index (χ1n) is 5.03. The molecule has 0 aliphatic carbocycles. The van der Waals surface area contributed by atoms with Gasteiger partial charge in [0.25, 0.3) is 0 Å². The van der Waals surface area contributed by atoms with Gasteiger partial charge in [0.1, 0.15) is 0 Å². The molecule has 0 aromatic rings. The van der Waals surface area contributed by atoms with Crippen LogP contribution in [-0.2, 0) is 4.79 Å². The van der Waals surface area contributed by atoms with Crippen LogP contribution in [0.3, 0.4) is 0 Å². The maximum absolute atomic E-state index is 12.0. The maximum Gasteiger partial charge on any atom is 0.471 e. The second kappa shape index (κ2) is 4.83. The summed E-state index contributed by atoms with van der Waals surface area (Å²) in [5.74, 6) is -1.70. The van der Waals surface area contributed by atoms with Gasteiger partial charge in [-0.15, -0.1) is 0 Å². The van der Waals surface area contributed by atoms with Crippen LogP contribution < -0.4 is 10.6 Å². The summed E-state index contributed by atoms with van der Waals surface area (Å²) in [6, 6.07) is -0.405. The van der Waals surface area contributed by atoms with Crippen LogP contribution in [-0.4, -0.2) is 31.2 Å². The Hall–Kier alpha value is -0.780. The normalized spacial score (nSPS) is 27.5. The fourth-order valence-electron chi connectivity index (χ4n) is 1.82. The number of nitrogens with one attached hydrogen (secondary N) is 2. The molecule has 0 saturated carbocycles. The number of halogens is 3. The Morgan fingerprint density at radius 1 is 1.53 bits per heavy atom. The van der Waals surface area contributed by atoms with Crippen LogP contribution in [0.5, 0.6) is 0 Å². The number of amides is 1. The van der Waals surface area contributed by atoms with Gasteiger partial charge >= 0.3 is 12.1 Å². The van der Waals surface area contributed by atoms with Crippen LogP contribution in [0.25, 0.3) is 0 Å². The molecule has 0 bridgehead atoms. The highest BCUT2D eigenvalue weighted by Crippen LogP contribution is 2.19. The minimum Gasteiger partial charge on any atom is -0.344 e. The second-order valence-electron chi connectivity index (χ2n) is 3.74. The van der Waals surface area contributed by atoms with Crippen molar-refractivity contribution in [1.82, 2.24) is 10.6 Å². The van der Waals surface area contributed by atoms with E-state index < -0.39 is 18.1 Å². The lowest BCUT2D eigenvalue weighted by atomic mass is 9.90. The highest BCUT2D eigenvalue weighted by molar-refractivity contribution is 5.82. The lowest BCUT2D eigenvalue weighted by Crippen LogP contribution is -2.53. The standard InChI is InChI=1S/C9H15F3N2O/c1-2-6-3-4-13-5-7(6)14-8(15)9(10,11)12/h6-7,13H,2-5H2,1H3,(H,14,15). The third-order valence-electron chi connectivity index (χ3n) is 2.72. The Balaban J connectivity index is 2.52. The Morgan fingerprint density at radius 2 is 2.20 bits per heavy atom. The lowest BCUT2D eigenvalue weighted by molar-refractivity contribution is -0.174. The molecule has 2 atom stereocenters. The molecule has 3 nitrogen and oxygen atoms in total. The number of alkyl halides is 3. The smallest absolute Gasteiger partial charge is 0.344 e. The molecule has 1 aliphatic rings. The summed E-state index contributed by atoms with van der Waals surface area (Å²) in [5.41, 5.74) is 0. The molecule has 1 aliphatic heterocycles. The molecule has 6 heteroatoms. The Kier molecular flexibility index (Phi) is 3.96. The summed E-state index contributed by atoms with van der Waals surface area (Å²) in [4.78, 5) is 10.7. The quantitative estimate of drug-likeness (QED) is 0.736. The van der Waals surface area contributed by atoms with Crippen LogP contribution in [0, 0.1) is 5.92 Å². The van der Waals surface area contributed by atoms with E-state index >= 15 is 0 Å². The van der Waals surface area contributed by atoms with Crippen LogP contribution in [0.4, 0.5) is 13.2 Å². The van der Waals surface area contributed by atoms with Crippen LogP contribution in [0.1, 0.15) is 19.8 Å². The Labute approximate surface area is 86.4 Å². The van der Waals surface area contributed by atoms with Crippen molar-refractivity contribution in [3.8, 4) is 0 Å². The molecular weight excluding hydrogens is 209 g/mol. The van der Waals surface area contributed by atoms with Crippen LogP contribution in [0.15, 0.2) is 0 Å². The minimum atomic E-state index is -4.78. The van der Waals surface area contributed by atoms with E-state index in [2.05, 4.69) is 5.32 Å². The van der Waals surface area contributed by atoms with Gasteiger partial charge < -0.3 is 10.6 Å². The zero-order valence-electron chi connectivity index (χ0n) is 8.53.